The Labute approximate surface area is 162 Å². The average Bonchev–Trinajstić information content (AvgIpc) is 2.60. The monoisotopic (exact) mass is 360 g/mol. The van der Waals surface area contributed by atoms with Crippen LogP contribution in [0.2, 0.25) is 0 Å². The lowest BCUT2D eigenvalue weighted by Gasteiger charge is -2.29. The Bertz CT molecular complexity index is 540. The van der Waals surface area contributed by atoms with Gasteiger partial charge < -0.3 is 9.47 Å². The summed E-state index contributed by atoms with van der Waals surface area (Å²) < 4.78 is 12.4. The summed E-state index contributed by atoms with van der Waals surface area (Å²) in [5, 5.41) is 0. The van der Waals surface area contributed by atoms with E-state index in [1.54, 1.807) is 0 Å². The van der Waals surface area contributed by atoms with Gasteiger partial charge in [-0.15, -0.1) is 0 Å². The lowest BCUT2D eigenvalue weighted by molar-refractivity contribution is -0.145. The summed E-state index contributed by atoms with van der Waals surface area (Å²) in [7, 11) is 0. The van der Waals surface area contributed by atoms with Gasteiger partial charge in [0.05, 0.1) is 6.10 Å². The summed E-state index contributed by atoms with van der Waals surface area (Å²) in [6, 6.07) is 8.56. The van der Waals surface area contributed by atoms with Crippen LogP contribution in [-0.4, -0.2) is 12.4 Å². The van der Waals surface area contributed by atoms with Crippen LogP contribution in [0.15, 0.2) is 35.9 Å². The van der Waals surface area contributed by atoms with Crippen molar-refractivity contribution in [1.82, 2.24) is 0 Å². The SMILES string of the molecule is CCCC(CC)OC(Oc1ccc(C(C)(C=C(C)C)CC)cc1)C(C)C. The van der Waals surface area contributed by atoms with Crippen molar-refractivity contribution in [1.29, 1.82) is 0 Å². The minimum absolute atomic E-state index is 0.0692. The van der Waals surface area contributed by atoms with Crippen LogP contribution in [0.3, 0.4) is 0 Å². The smallest absolute Gasteiger partial charge is 0.202 e. The molecule has 0 saturated heterocycles. The summed E-state index contributed by atoms with van der Waals surface area (Å²) >= 11 is 0. The van der Waals surface area contributed by atoms with E-state index < -0.39 is 0 Å². The summed E-state index contributed by atoms with van der Waals surface area (Å²) in [4.78, 5) is 0. The maximum atomic E-state index is 6.25. The van der Waals surface area contributed by atoms with E-state index in [2.05, 4.69) is 85.7 Å². The second-order valence-corrected chi connectivity index (χ2v) is 8.20. The number of ether oxygens (including phenoxy) is 2. The molecule has 1 rings (SSSR count). The van der Waals surface area contributed by atoms with Crippen LogP contribution in [0.5, 0.6) is 5.75 Å². The molecule has 0 radical (unpaired) electrons. The van der Waals surface area contributed by atoms with Gasteiger partial charge in [-0.25, -0.2) is 0 Å². The molecule has 0 heterocycles. The van der Waals surface area contributed by atoms with Crippen molar-refractivity contribution in [3.63, 3.8) is 0 Å². The fourth-order valence-corrected chi connectivity index (χ4v) is 3.28. The Morgan fingerprint density at radius 2 is 1.69 bits per heavy atom. The molecular weight excluding hydrogens is 320 g/mol. The zero-order chi connectivity index (χ0) is 19.7. The maximum Gasteiger partial charge on any atom is 0.202 e. The first-order valence-electron chi connectivity index (χ1n) is 10.3. The highest BCUT2D eigenvalue weighted by Crippen LogP contribution is 2.32. The third kappa shape index (κ3) is 6.79. The molecule has 2 nitrogen and oxygen atoms in total. The van der Waals surface area contributed by atoms with E-state index in [0.29, 0.717) is 5.92 Å². The molecule has 0 aliphatic carbocycles. The van der Waals surface area contributed by atoms with Crippen molar-refractivity contribution in [3.05, 3.63) is 41.5 Å². The van der Waals surface area contributed by atoms with Gasteiger partial charge in [0.25, 0.3) is 0 Å². The lowest BCUT2D eigenvalue weighted by Crippen LogP contribution is -2.31. The quantitative estimate of drug-likeness (QED) is 0.305. The molecule has 148 valence electrons. The number of allylic oxidation sites excluding steroid dienone is 2. The summed E-state index contributed by atoms with van der Waals surface area (Å²) in [5.41, 5.74) is 2.75. The van der Waals surface area contributed by atoms with Gasteiger partial charge in [-0.3, -0.25) is 0 Å². The van der Waals surface area contributed by atoms with Gasteiger partial charge in [-0.05, 0) is 50.8 Å². The Morgan fingerprint density at radius 3 is 2.12 bits per heavy atom. The van der Waals surface area contributed by atoms with Crippen LogP contribution in [0.1, 0.15) is 86.6 Å². The average molecular weight is 361 g/mol. The molecule has 0 N–H and O–H groups in total. The Balaban J connectivity index is 2.90. The second kappa shape index (κ2) is 10.8. The number of benzene rings is 1. The molecule has 0 amide bonds. The zero-order valence-corrected chi connectivity index (χ0v) is 18.3. The van der Waals surface area contributed by atoms with Crippen molar-refractivity contribution in [2.24, 2.45) is 5.92 Å². The van der Waals surface area contributed by atoms with Gasteiger partial charge in [0.1, 0.15) is 5.75 Å². The standard InChI is InChI=1S/C24H40O2/c1-9-12-21(10-2)25-23(19(6)7)26-22-15-13-20(14-16-22)24(8,11-3)17-18(4)5/h13-17,19,21,23H,9-12H2,1-8H3. The van der Waals surface area contributed by atoms with Crippen molar-refractivity contribution in [2.75, 3.05) is 0 Å². The molecule has 0 spiro atoms. The highest BCUT2D eigenvalue weighted by atomic mass is 16.7. The van der Waals surface area contributed by atoms with Gasteiger partial charge in [0.15, 0.2) is 0 Å². The Hall–Kier alpha value is -1.28. The molecule has 3 unspecified atom stereocenters. The van der Waals surface area contributed by atoms with Crippen LogP contribution in [0.4, 0.5) is 0 Å². The maximum absolute atomic E-state index is 6.25. The molecule has 0 aromatic heterocycles. The van der Waals surface area contributed by atoms with Crippen molar-refractivity contribution in [3.8, 4) is 5.75 Å². The minimum atomic E-state index is -0.201. The second-order valence-electron chi connectivity index (χ2n) is 8.20. The summed E-state index contributed by atoms with van der Waals surface area (Å²) in [5.74, 6) is 1.20. The predicted octanol–water partition coefficient (Wildman–Crippen LogP) is 7.28. The zero-order valence-electron chi connectivity index (χ0n) is 18.3. The molecule has 3 atom stereocenters. The van der Waals surface area contributed by atoms with Crippen LogP contribution in [-0.2, 0) is 10.2 Å². The highest BCUT2D eigenvalue weighted by molar-refractivity contribution is 5.35. The van der Waals surface area contributed by atoms with Crippen LogP contribution in [0, 0.1) is 5.92 Å². The van der Waals surface area contributed by atoms with E-state index in [0.717, 1.165) is 31.4 Å². The molecule has 2 heteroatoms. The van der Waals surface area contributed by atoms with Gasteiger partial charge in [0.2, 0.25) is 6.29 Å². The summed E-state index contributed by atoms with van der Waals surface area (Å²) in [6.07, 6.45) is 6.75. The molecule has 26 heavy (non-hydrogen) atoms. The minimum Gasteiger partial charge on any atom is -0.465 e. The Morgan fingerprint density at radius 1 is 1.08 bits per heavy atom. The number of hydrogen-bond donors (Lipinski definition) is 0. The fourth-order valence-electron chi connectivity index (χ4n) is 3.28. The van der Waals surface area contributed by atoms with Gasteiger partial charge >= 0.3 is 0 Å². The normalized spacial score (nSPS) is 16.0. The first-order chi connectivity index (χ1) is 12.3. The van der Waals surface area contributed by atoms with E-state index in [9.17, 15) is 0 Å². The number of hydrogen-bond acceptors (Lipinski definition) is 2. The first-order valence-corrected chi connectivity index (χ1v) is 10.3. The summed E-state index contributed by atoms with van der Waals surface area (Å²) in [6.45, 7) is 17.6. The van der Waals surface area contributed by atoms with Crippen molar-refractivity contribution >= 4 is 0 Å². The van der Waals surface area contributed by atoms with Crippen LogP contribution >= 0.6 is 0 Å². The molecule has 0 aliphatic heterocycles. The molecule has 0 bridgehead atoms. The molecule has 0 aliphatic rings. The largest absolute Gasteiger partial charge is 0.465 e. The van der Waals surface area contributed by atoms with E-state index in [-0.39, 0.29) is 17.8 Å². The van der Waals surface area contributed by atoms with Crippen LogP contribution < -0.4 is 4.74 Å². The van der Waals surface area contributed by atoms with E-state index >= 15 is 0 Å². The van der Waals surface area contributed by atoms with Gasteiger partial charge in [0, 0.05) is 11.3 Å². The molecule has 1 aromatic carbocycles. The Kier molecular flexibility index (Phi) is 9.43. The molecule has 0 fully saturated rings. The van der Waals surface area contributed by atoms with Gasteiger partial charge in [-0.2, -0.15) is 0 Å². The fraction of sp³-hybridized carbons (Fsp3) is 0.667. The molecular formula is C24H40O2. The first kappa shape index (κ1) is 22.8. The predicted molar refractivity (Wildman–Crippen MR) is 113 cm³/mol. The van der Waals surface area contributed by atoms with E-state index in [1.807, 2.05) is 0 Å². The van der Waals surface area contributed by atoms with Crippen LogP contribution in [0.25, 0.3) is 0 Å². The highest BCUT2D eigenvalue weighted by Gasteiger charge is 2.23. The number of rotatable bonds is 11. The van der Waals surface area contributed by atoms with Gasteiger partial charge in [-0.1, -0.05) is 71.7 Å². The van der Waals surface area contributed by atoms with Crippen molar-refractivity contribution in [2.45, 2.75) is 98.9 Å². The third-order valence-corrected chi connectivity index (χ3v) is 5.04. The van der Waals surface area contributed by atoms with E-state index in [1.165, 1.54) is 11.1 Å². The third-order valence-electron chi connectivity index (χ3n) is 5.04. The topological polar surface area (TPSA) is 18.5 Å². The molecule has 0 saturated carbocycles. The lowest BCUT2D eigenvalue weighted by atomic mass is 9.79. The molecule has 1 aromatic rings. The van der Waals surface area contributed by atoms with Crippen molar-refractivity contribution < 1.29 is 9.47 Å². The van der Waals surface area contributed by atoms with E-state index in [4.69, 9.17) is 9.47 Å².